The molecule has 1 amide bonds. The van der Waals surface area contributed by atoms with Crippen molar-refractivity contribution in [1.29, 1.82) is 0 Å². The fourth-order valence-electron chi connectivity index (χ4n) is 4.51. The number of carbonyl (C=O) groups is 1. The largest absolute Gasteiger partial charge is 0.445 e. The zero-order chi connectivity index (χ0) is 25.6. The molecule has 2 N–H and O–H groups in total. The van der Waals surface area contributed by atoms with Gasteiger partial charge in [-0.1, -0.05) is 12.1 Å². The number of carbonyl (C=O) groups excluding carboxylic acids is 1. The molecule has 1 aliphatic heterocycles. The first-order valence-corrected chi connectivity index (χ1v) is 11.7. The van der Waals surface area contributed by atoms with E-state index >= 15 is 0 Å². The number of benzene rings is 2. The number of fused-ring (bicyclic) bond motifs is 1. The molecule has 37 heavy (non-hydrogen) atoms. The Morgan fingerprint density at radius 2 is 1.86 bits per heavy atom. The van der Waals surface area contributed by atoms with Gasteiger partial charge in [0.2, 0.25) is 0 Å². The van der Waals surface area contributed by atoms with Gasteiger partial charge in [0.15, 0.2) is 17.5 Å². The Hall–Kier alpha value is -4.41. The maximum absolute atomic E-state index is 14.5. The number of nitrogens with one attached hydrogen (secondary N) is 2. The highest BCUT2D eigenvalue weighted by atomic mass is 19.3. The number of amides is 1. The third-order valence-corrected chi connectivity index (χ3v) is 6.50. The summed E-state index contributed by atoms with van der Waals surface area (Å²) in [5, 5.41) is 9.70. The first-order valence-electron chi connectivity index (χ1n) is 11.7. The highest BCUT2D eigenvalue weighted by molar-refractivity contribution is 5.91. The summed E-state index contributed by atoms with van der Waals surface area (Å²) in [7, 11) is 0. The van der Waals surface area contributed by atoms with Crippen LogP contribution in [0.2, 0.25) is 0 Å². The van der Waals surface area contributed by atoms with E-state index < -0.39 is 36.8 Å². The lowest BCUT2D eigenvalue weighted by Crippen LogP contribution is -2.45. The molecule has 2 aliphatic rings. The minimum atomic E-state index is -2.75. The van der Waals surface area contributed by atoms with Crippen molar-refractivity contribution in [2.24, 2.45) is 0 Å². The van der Waals surface area contributed by atoms with Crippen LogP contribution in [0.1, 0.15) is 18.4 Å². The number of H-pyrrole nitrogens is 1. The number of anilines is 3. The molecule has 1 aliphatic carbocycles. The van der Waals surface area contributed by atoms with Gasteiger partial charge in [-0.3, -0.25) is 10.00 Å². The zero-order valence-corrected chi connectivity index (χ0v) is 19.4. The van der Waals surface area contributed by atoms with Crippen LogP contribution in [0.25, 0.3) is 22.5 Å². The van der Waals surface area contributed by atoms with E-state index in [1.54, 1.807) is 24.5 Å². The number of alkyl halides is 2. The van der Waals surface area contributed by atoms with E-state index in [4.69, 9.17) is 4.74 Å². The van der Waals surface area contributed by atoms with Crippen LogP contribution >= 0.6 is 0 Å². The van der Waals surface area contributed by atoms with Gasteiger partial charge in [0.05, 0.1) is 18.1 Å². The van der Waals surface area contributed by atoms with Crippen LogP contribution in [0.4, 0.5) is 35.2 Å². The Morgan fingerprint density at radius 3 is 2.59 bits per heavy atom. The molecule has 0 atom stereocenters. The molecular weight excluding hydrogens is 485 g/mol. The fourth-order valence-corrected chi connectivity index (χ4v) is 4.51. The third-order valence-electron chi connectivity index (χ3n) is 6.50. The maximum Gasteiger partial charge on any atom is 0.414 e. The molecule has 0 spiro atoms. The van der Waals surface area contributed by atoms with E-state index in [2.05, 4.69) is 25.5 Å². The molecule has 3 heterocycles. The summed E-state index contributed by atoms with van der Waals surface area (Å²) >= 11 is 0. The molecule has 1 fully saturated rings. The monoisotopic (exact) mass is 506 g/mol. The SMILES string of the molecule is O=C(OC1CC(F)(F)C1)N1CCc2cc(-c3ncc(F)c(Nc4ccc(-c5cn[nH]c5)cc4)n3)ccc21. The number of rotatable bonds is 5. The average molecular weight is 506 g/mol. The lowest BCUT2D eigenvalue weighted by atomic mass is 9.91. The average Bonchev–Trinajstić information content (AvgIpc) is 3.55. The first-order chi connectivity index (χ1) is 17.8. The number of aromatic amines is 1. The minimum absolute atomic E-state index is 0.0315. The van der Waals surface area contributed by atoms with E-state index in [-0.39, 0.29) is 5.82 Å². The Bertz CT molecular complexity index is 1450. The molecule has 0 bridgehead atoms. The van der Waals surface area contributed by atoms with Crippen molar-refractivity contribution in [3.05, 3.63) is 72.4 Å². The standard InChI is InChI=1S/C26H21F3N6O2/c27-21-14-30-23(34-24(21)33-19-4-1-15(2-5-19)18-12-31-32-13-18)17-3-6-22-16(9-17)7-8-35(22)25(36)37-20-10-26(28,29)11-20/h1-6,9,12-14,20H,7-8,10-11H2,(H,31,32)(H,30,33,34). The van der Waals surface area contributed by atoms with Crippen LogP contribution in [0.3, 0.4) is 0 Å². The number of aromatic nitrogens is 4. The van der Waals surface area contributed by atoms with Gasteiger partial charge in [-0.15, -0.1) is 0 Å². The van der Waals surface area contributed by atoms with E-state index in [0.29, 0.717) is 35.7 Å². The zero-order valence-electron chi connectivity index (χ0n) is 19.4. The van der Waals surface area contributed by atoms with Crippen LogP contribution in [-0.2, 0) is 11.2 Å². The van der Waals surface area contributed by atoms with Gasteiger partial charge in [-0.05, 0) is 47.9 Å². The van der Waals surface area contributed by atoms with Crippen LogP contribution < -0.4 is 10.2 Å². The Balaban J connectivity index is 1.17. The van der Waals surface area contributed by atoms with Crippen molar-refractivity contribution >= 4 is 23.3 Å². The first kappa shape index (κ1) is 23.0. The van der Waals surface area contributed by atoms with Crippen LogP contribution in [0.15, 0.2) is 61.1 Å². The van der Waals surface area contributed by atoms with Crippen LogP contribution in [-0.4, -0.2) is 44.8 Å². The molecule has 2 aromatic carbocycles. The van der Waals surface area contributed by atoms with Gasteiger partial charge in [0, 0.05) is 42.4 Å². The minimum Gasteiger partial charge on any atom is -0.445 e. The van der Waals surface area contributed by atoms with E-state index in [0.717, 1.165) is 22.9 Å². The van der Waals surface area contributed by atoms with Gasteiger partial charge >= 0.3 is 6.09 Å². The number of hydrogen-bond acceptors (Lipinski definition) is 6. The summed E-state index contributed by atoms with van der Waals surface area (Å²) in [5.41, 5.74) is 4.73. The Morgan fingerprint density at radius 1 is 1.08 bits per heavy atom. The summed E-state index contributed by atoms with van der Waals surface area (Å²) in [4.78, 5) is 22.5. The number of halogens is 3. The van der Waals surface area contributed by atoms with Crippen molar-refractivity contribution in [1.82, 2.24) is 20.2 Å². The summed E-state index contributed by atoms with van der Waals surface area (Å²) < 4.78 is 45.8. The molecule has 1 saturated carbocycles. The summed E-state index contributed by atoms with van der Waals surface area (Å²) in [5.74, 6) is -3.00. The molecule has 188 valence electrons. The molecule has 0 saturated heterocycles. The molecule has 8 nitrogen and oxygen atoms in total. The van der Waals surface area contributed by atoms with E-state index in [9.17, 15) is 18.0 Å². The van der Waals surface area contributed by atoms with Crippen molar-refractivity contribution < 1.29 is 22.7 Å². The molecule has 4 aromatic rings. The fraction of sp³-hybridized carbons (Fsp3) is 0.231. The number of nitrogens with zero attached hydrogens (tertiary/aromatic N) is 4. The lowest BCUT2D eigenvalue weighted by molar-refractivity contribution is -0.143. The number of ether oxygens (including phenoxy) is 1. The summed E-state index contributed by atoms with van der Waals surface area (Å²) in [6.07, 6.45) is 2.91. The molecule has 2 aromatic heterocycles. The molecular formula is C26H21F3N6O2. The van der Waals surface area contributed by atoms with E-state index in [1.165, 1.54) is 4.90 Å². The third kappa shape index (κ3) is 4.59. The highest BCUT2D eigenvalue weighted by Gasteiger charge is 2.48. The topological polar surface area (TPSA) is 96.0 Å². The second-order valence-electron chi connectivity index (χ2n) is 9.09. The van der Waals surface area contributed by atoms with Crippen molar-refractivity contribution in [2.75, 3.05) is 16.8 Å². The highest BCUT2D eigenvalue weighted by Crippen LogP contribution is 2.40. The molecule has 11 heteroatoms. The van der Waals surface area contributed by atoms with Gasteiger partial charge in [0.25, 0.3) is 5.92 Å². The van der Waals surface area contributed by atoms with Crippen molar-refractivity contribution in [2.45, 2.75) is 31.3 Å². The number of hydrogen-bond donors (Lipinski definition) is 2. The van der Waals surface area contributed by atoms with Gasteiger partial charge < -0.3 is 10.1 Å². The molecule has 6 rings (SSSR count). The molecule has 0 unspecified atom stereocenters. The second kappa shape index (κ2) is 8.91. The molecule has 0 radical (unpaired) electrons. The summed E-state index contributed by atoms with van der Waals surface area (Å²) in [6.45, 7) is 0.382. The summed E-state index contributed by atoms with van der Waals surface area (Å²) in [6, 6.07) is 12.7. The van der Waals surface area contributed by atoms with Gasteiger partial charge in [-0.2, -0.15) is 5.10 Å². The predicted octanol–water partition coefficient (Wildman–Crippen LogP) is 5.71. The van der Waals surface area contributed by atoms with Gasteiger partial charge in [0.1, 0.15) is 6.10 Å². The predicted molar refractivity (Wildman–Crippen MR) is 130 cm³/mol. The quantitative estimate of drug-likeness (QED) is 0.360. The smallest absolute Gasteiger partial charge is 0.414 e. The van der Waals surface area contributed by atoms with Crippen molar-refractivity contribution in [3.63, 3.8) is 0 Å². The maximum atomic E-state index is 14.5. The van der Waals surface area contributed by atoms with E-state index in [1.807, 2.05) is 30.3 Å². The van der Waals surface area contributed by atoms with Crippen LogP contribution in [0, 0.1) is 5.82 Å². The lowest BCUT2D eigenvalue weighted by Gasteiger charge is -2.35. The van der Waals surface area contributed by atoms with Crippen LogP contribution in [0.5, 0.6) is 0 Å². The second-order valence-corrected chi connectivity index (χ2v) is 9.09. The van der Waals surface area contributed by atoms with Crippen molar-refractivity contribution in [3.8, 4) is 22.5 Å². The Kier molecular flexibility index (Phi) is 5.54. The van der Waals surface area contributed by atoms with Gasteiger partial charge in [-0.25, -0.2) is 27.9 Å². The Labute approximate surface area is 209 Å². The normalized spacial score (nSPS) is 16.2.